The van der Waals surface area contributed by atoms with Crippen molar-refractivity contribution in [2.24, 2.45) is 5.92 Å². The van der Waals surface area contributed by atoms with E-state index in [1.165, 1.54) is 0 Å². The Labute approximate surface area is 132 Å². The molecule has 2 N–H and O–H groups in total. The van der Waals surface area contributed by atoms with Crippen LogP contribution < -0.4 is 5.32 Å². The minimum atomic E-state index is -0.884. The fourth-order valence-corrected chi connectivity index (χ4v) is 3.26. The Hall–Kier alpha value is -1.35. The molecule has 112 valence electrons. The summed E-state index contributed by atoms with van der Waals surface area (Å²) in [5.41, 5.74) is 1.11. The van der Waals surface area contributed by atoms with Gasteiger partial charge in [0.05, 0.1) is 0 Å². The average Bonchev–Trinajstić information content (AvgIpc) is 2.56. The lowest BCUT2D eigenvalue weighted by Gasteiger charge is -2.39. The lowest BCUT2D eigenvalue weighted by atomic mass is 9.72. The zero-order valence-electron chi connectivity index (χ0n) is 12.0. The topological polar surface area (TPSA) is 32.3 Å². The minimum absolute atomic E-state index is 0. The third-order valence-electron chi connectivity index (χ3n) is 4.36. The van der Waals surface area contributed by atoms with Crippen LogP contribution in [0.5, 0.6) is 0 Å². The van der Waals surface area contributed by atoms with E-state index in [-0.39, 0.29) is 18.3 Å². The molecule has 2 aromatic rings. The summed E-state index contributed by atoms with van der Waals surface area (Å²) in [6.45, 7) is 1.96. The second kappa shape index (κ2) is 7.08. The lowest BCUT2D eigenvalue weighted by Crippen LogP contribution is -2.42. The lowest BCUT2D eigenvalue weighted by molar-refractivity contribution is 0.00236. The second-order valence-electron chi connectivity index (χ2n) is 5.52. The molecule has 0 saturated carbocycles. The molecule has 1 saturated heterocycles. The molecule has 1 aliphatic heterocycles. The molecule has 0 atom stereocenters. The van der Waals surface area contributed by atoms with Crippen LogP contribution in [0.4, 0.5) is 0 Å². The van der Waals surface area contributed by atoms with Crippen LogP contribution in [0.3, 0.4) is 0 Å². The van der Waals surface area contributed by atoms with Crippen LogP contribution in [0, 0.1) is 5.92 Å². The van der Waals surface area contributed by atoms with E-state index >= 15 is 0 Å². The van der Waals surface area contributed by atoms with Gasteiger partial charge in [-0.05, 0) is 43.0 Å². The van der Waals surface area contributed by atoms with E-state index in [0.29, 0.717) is 0 Å². The van der Waals surface area contributed by atoms with Gasteiger partial charge in [-0.15, -0.1) is 12.4 Å². The van der Waals surface area contributed by atoms with E-state index in [1.54, 1.807) is 0 Å². The maximum absolute atomic E-state index is 11.6. The van der Waals surface area contributed by atoms with Gasteiger partial charge < -0.3 is 10.4 Å². The molecule has 1 aliphatic rings. The standard InChI is InChI=1S/C18H21NO.ClH/c20-18(15-7-3-1-4-8-15,16-9-5-2-6-10-16)17-11-13-19-14-12-17;/h1-10,17,19-20H,11-14H2;1H. The van der Waals surface area contributed by atoms with Crippen molar-refractivity contribution in [1.29, 1.82) is 0 Å². The highest BCUT2D eigenvalue weighted by molar-refractivity contribution is 5.85. The third-order valence-corrected chi connectivity index (χ3v) is 4.36. The Morgan fingerprint density at radius 3 is 1.67 bits per heavy atom. The number of halogens is 1. The van der Waals surface area contributed by atoms with E-state index in [4.69, 9.17) is 0 Å². The van der Waals surface area contributed by atoms with E-state index in [2.05, 4.69) is 5.32 Å². The Kier molecular flexibility index (Phi) is 5.40. The van der Waals surface area contributed by atoms with Gasteiger partial charge in [0, 0.05) is 0 Å². The van der Waals surface area contributed by atoms with Gasteiger partial charge in [-0.1, -0.05) is 60.7 Å². The minimum Gasteiger partial charge on any atom is -0.380 e. The predicted molar refractivity (Wildman–Crippen MR) is 88.7 cm³/mol. The van der Waals surface area contributed by atoms with Crippen LogP contribution in [0.25, 0.3) is 0 Å². The fourth-order valence-electron chi connectivity index (χ4n) is 3.26. The van der Waals surface area contributed by atoms with Crippen molar-refractivity contribution in [1.82, 2.24) is 5.32 Å². The predicted octanol–water partition coefficient (Wildman–Crippen LogP) is 3.34. The van der Waals surface area contributed by atoms with Crippen molar-refractivity contribution in [3.63, 3.8) is 0 Å². The summed E-state index contributed by atoms with van der Waals surface area (Å²) in [6, 6.07) is 20.2. The summed E-state index contributed by atoms with van der Waals surface area (Å²) in [6.07, 6.45) is 2.00. The number of hydrogen-bond donors (Lipinski definition) is 2. The summed E-state index contributed by atoms with van der Waals surface area (Å²) in [5, 5.41) is 14.9. The summed E-state index contributed by atoms with van der Waals surface area (Å²) >= 11 is 0. The normalized spacial score (nSPS) is 16.2. The number of benzene rings is 2. The van der Waals surface area contributed by atoms with E-state index in [9.17, 15) is 5.11 Å². The zero-order valence-corrected chi connectivity index (χ0v) is 12.9. The second-order valence-corrected chi connectivity index (χ2v) is 5.52. The van der Waals surface area contributed by atoms with E-state index in [1.807, 2.05) is 60.7 Å². The molecule has 3 heteroatoms. The number of hydrogen-bond acceptors (Lipinski definition) is 2. The Balaban J connectivity index is 0.00000161. The summed E-state index contributed by atoms with van der Waals surface area (Å²) in [4.78, 5) is 0. The number of aliphatic hydroxyl groups is 1. The van der Waals surface area contributed by atoms with Gasteiger partial charge in [-0.2, -0.15) is 0 Å². The van der Waals surface area contributed by atoms with Crippen molar-refractivity contribution in [2.75, 3.05) is 13.1 Å². The molecule has 0 aliphatic carbocycles. The fraction of sp³-hybridized carbons (Fsp3) is 0.333. The van der Waals surface area contributed by atoms with Crippen LogP contribution in [-0.2, 0) is 5.60 Å². The summed E-state index contributed by atoms with van der Waals surface area (Å²) in [5.74, 6) is 0.258. The SMILES string of the molecule is Cl.OC(c1ccccc1)(c1ccccc1)C1CCNCC1. The molecule has 0 aromatic heterocycles. The first-order valence-electron chi connectivity index (χ1n) is 7.36. The quantitative estimate of drug-likeness (QED) is 0.911. The first-order chi connectivity index (χ1) is 9.82. The Morgan fingerprint density at radius 1 is 0.810 bits per heavy atom. The molecule has 0 bridgehead atoms. The van der Waals surface area contributed by atoms with E-state index in [0.717, 1.165) is 37.1 Å². The van der Waals surface area contributed by atoms with Gasteiger partial charge in [0.2, 0.25) is 0 Å². The molecule has 21 heavy (non-hydrogen) atoms. The molecule has 1 heterocycles. The van der Waals surface area contributed by atoms with Crippen LogP contribution in [-0.4, -0.2) is 18.2 Å². The molecular formula is C18H22ClNO. The maximum atomic E-state index is 11.6. The molecule has 0 unspecified atom stereocenters. The number of nitrogens with one attached hydrogen (secondary N) is 1. The Morgan fingerprint density at radius 2 is 1.24 bits per heavy atom. The maximum Gasteiger partial charge on any atom is 0.117 e. The molecule has 0 spiro atoms. The van der Waals surface area contributed by atoms with Gasteiger partial charge in [0.1, 0.15) is 5.60 Å². The van der Waals surface area contributed by atoms with Gasteiger partial charge in [-0.25, -0.2) is 0 Å². The average molecular weight is 304 g/mol. The van der Waals surface area contributed by atoms with E-state index < -0.39 is 5.60 Å². The highest BCUT2D eigenvalue weighted by Crippen LogP contribution is 2.40. The molecule has 2 aromatic carbocycles. The van der Waals surface area contributed by atoms with Crippen LogP contribution in [0.2, 0.25) is 0 Å². The molecule has 1 fully saturated rings. The number of rotatable bonds is 3. The zero-order chi connectivity index (χ0) is 13.8. The highest BCUT2D eigenvalue weighted by Gasteiger charge is 2.40. The number of piperidine rings is 1. The summed E-state index contributed by atoms with van der Waals surface area (Å²) < 4.78 is 0. The first-order valence-corrected chi connectivity index (χ1v) is 7.36. The molecule has 2 nitrogen and oxygen atoms in total. The molecular weight excluding hydrogens is 282 g/mol. The molecule has 0 radical (unpaired) electrons. The van der Waals surface area contributed by atoms with Crippen LogP contribution in [0.15, 0.2) is 60.7 Å². The highest BCUT2D eigenvalue weighted by atomic mass is 35.5. The van der Waals surface area contributed by atoms with Crippen LogP contribution in [0.1, 0.15) is 24.0 Å². The van der Waals surface area contributed by atoms with Gasteiger partial charge in [0.15, 0.2) is 0 Å². The smallest absolute Gasteiger partial charge is 0.117 e. The largest absolute Gasteiger partial charge is 0.380 e. The van der Waals surface area contributed by atoms with Crippen molar-refractivity contribution in [3.05, 3.63) is 71.8 Å². The van der Waals surface area contributed by atoms with Crippen molar-refractivity contribution >= 4 is 12.4 Å². The monoisotopic (exact) mass is 303 g/mol. The molecule has 0 amide bonds. The molecule has 3 rings (SSSR count). The Bertz CT molecular complexity index is 498. The van der Waals surface area contributed by atoms with Crippen molar-refractivity contribution in [2.45, 2.75) is 18.4 Å². The van der Waals surface area contributed by atoms with Gasteiger partial charge in [0.25, 0.3) is 0 Å². The first kappa shape index (κ1) is 16.0. The van der Waals surface area contributed by atoms with Crippen LogP contribution >= 0.6 is 12.4 Å². The van der Waals surface area contributed by atoms with Crippen molar-refractivity contribution < 1.29 is 5.11 Å². The van der Waals surface area contributed by atoms with Gasteiger partial charge in [-0.3, -0.25) is 0 Å². The van der Waals surface area contributed by atoms with Gasteiger partial charge >= 0.3 is 0 Å². The third kappa shape index (κ3) is 3.13. The van der Waals surface area contributed by atoms with Crippen molar-refractivity contribution in [3.8, 4) is 0 Å². The summed E-state index contributed by atoms with van der Waals surface area (Å²) in [7, 11) is 0.